The molecule has 0 spiro atoms. The van der Waals surface area contributed by atoms with Crippen LogP contribution < -0.4 is 5.32 Å². The maximum absolute atomic E-state index is 12.9. The first-order valence-electron chi connectivity index (χ1n) is 10.5. The van der Waals surface area contributed by atoms with Crippen molar-refractivity contribution in [1.29, 1.82) is 0 Å². The third-order valence-corrected chi connectivity index (χ3v) is 6.15. The Labute approximate surface area is 199 Å². The van der Waals surface area contributed by atoms with Crippen LogP contribution in [0.1, 0.15) is 16.8 Å². The molecule has 1 heterocycles. The molecule has 1 aliphatic rings. The third-order valence-electron chi connectivity index (χ3n) is 5.62. The number of amides is 1. The van der Waals surface area contributed by atoms with Crippen molar-refractivity contribution in [2.75, 3.05) is 5.32 Å². The molecule has 0 radical (unpaired) electrons. The lowest BCUT2D eigenvalue weighted by molar-refractivity contribution is -0.115. The zero-order valence-corrected chi connectivity index (χ0v) is 19.1. The van der Waals surface area contributed by atoms with E-state index >= 15 is 0 Å². The van der Waals surface area contributed by atoms with Crippen LogP contribution >= 0.6 is 15.9 Å². The van der Waals surface area contributed by atoms with E-state index in [0.29, 0.717) is 17.9 Å². The molecule has 0 saturated carbocycles. The van der Waals surface area contributed by atoms with E-state index in [1.165, 1.54) is 0 Å². The summed E-state index contributed by atoms with van der Waals surface area (Å²) in [6.45, 7) is 0. The lowest BCUT2D eigenvalue weighted by atomic mass is 9.91. The molecule has 33 heavy (non-hydrogen) atoms. The number of aromatic hydroxyl groups is 2. The molecule has 1 aromatic heterocycles. The number of aromatic nitrogens is 2. The second kappa shape index (κ2) is 8.67. The summed E-state index contributed by atoms with van der Waals surface area (Å²) in [6, 6.07) is 19.5. The van der Waals surface area contributed by atoms with Gasteiger partial charge in [0.1, 0.15) is 17.2 Å². The number of fused-ring (bicyclic) bond motifs is 3. The van der Waals surface area contributed by atoms with Crippen molar-refractivity contribution >= 4 is 27.7 Å². The van der Waals surface area contributed by atoms with Crippen LogP contribution in [0, 0.1) is 0 Å². The summed E-state index contributed by atoms with van der Waals surface area (Å²) in [5.41, 5.74) is 5.63. The Kier molecular flexibility index (Phi) is 5.56. The van der Waals surface area contributed by atoms with Crippen molar-refractivity contribution in [3.63, 3.8) is 0 Å². The van der Waals surface area contributed by atoms with Crippen molar-refractivity contribution in [2.45, 2.75) is 19.3 Å². The number of anilines is 1. The van der Waals surface area contributed by atoms with Crippen LogP contribution in [0.2, 0.25) is 0 Å². The zero-order valence-electron chi connectivity index (χ0n) is 17.5. The molecule has 0 saturated heterocycles. The SMILES string of the molecule is O=C(Cc1ccc(Br)cc1)Nc1nc2c(nc1-c1ccc(O)cc1)-c1ccc(O)cc1CC2. The smallest absolute Gasteiger partial charge is 0.230 e. The maximum Gasteiger partial charge on any atom is 0.230 e. The van der Waals surface area contributed by atoms with Gasteiger partial charge >= 0.3 is 0 Å². The second-order valence-corrected chi connectivity index (χ2v) is 8.87. The minimum Gasteiger partial charge on any atom is -0.508 e. The average molecular weight is 502 g/mol. The molecule has 5 rings (SSSR count). The lowest BCUT2D eigenvalue weighted by Crippen LogP contribution is -2.18. The monoisotopic (exact) mass is 501 g/mol. The van der Waals surface area contributed by atoms with E-state index in [1.807, 2.05) is 30.3 Å². The van der Waals surface area contributed by atoms with E-state index in [0.717, 1.165) is 44.5 Å². The molecule has 6 nitrogen and oxygen atoms in total. The van der Waals surface area contributed by atoms with Gasteiger partial charge in [-0.05, 0) is 78.6 Å². The molecule has 164 valence electrons. The number of hydrogen-bond donors (Lipinski definition) is 3. The first-order chi connectivity index (χ1) is 16.0. The van der Waals surface area contributed by atoms with Crippen LogP contribution in [0.5, 0.6) is 11.5 Å². The fourth-order valence-corrected chi connectivity index (χ4v) is 4.27. The number of hydrogen-bond acceptors (Lipinski definition) is 5. The highest BCUT2D eigenvalue weighted by Gasteiger charge is 2.23. The topological polar surface area (TPSA) is 95.3 Å². The summed E-state index contributed by atoms with van der Waals surface area (Å²) in [5, 5.41) is 22.5. The van der Waals surface area contributed by atoms with Gasteiger partial charge in [0.05, 0.1) is 17.8 Å². The van der Waals surface area contributed by atoms with Gasteiger partial charge in [-0.2, -0.15) is 0 Å². The summed E-state index contributed by atoms with van der Waals surface area (Å²) < 4.78 is 0.954. The van der Waals surface area contributed by atoms with Crippen LogP contribution in [0.3, 0.4) is 0 Å². The van der Waals surface area contributed by atoms with Gasteiger partial charge in [-0.25, -0.2) is 9.97 Å². The Morgan fingerprint density at radius 1 is 0.879 bits per heavy atom. The van der Waals surface area contributed by atoms with Crippen LogP contribution in [0.15, 0.2) is 71.2 Å². The Morgan fingerprint density at radius 2 is 1.61 bits per heavy atom. The predicted octanol–water partition coefficient (Wildman–Crippen LogP) is 5.26. The van der Waals surface area contributed by atoms with Crippen LogP contribution in [-0.4, -0.2) is 26.1 Å². The molecule has 0 atom stereocenters. The third kappa shape index (κ3) is 4.45. The van der Waals surface area contributed by atoms with Gasteiger partial charge in [0.15, 0.2) is 5.82 Å². The summed E-state index contributed by atoms with van der Waals surface area (Å²) in [6.07, 6.45) is 1.60. The first-order valence-corrected chi connectivity index (χ1v) is 11.3. The number of benzene rings is 3. The Morgan fingerprint density at radius 3 is 2.36 bits per heavy atom. The molecule has 4 aromatic rings. The van der Waals surface area contributed by atoms with Crippen molar-refractivity contribution in [1.82, 2.24) is 9.97 Å². The number of phenolic OH excluding ortho intramolecular Hbond substituents is 2. The van der Waals surface area contributed by atoms with Gasteiger partial charge in [0.2, 0.25) is 5.91 Å². The van der Waals surface area contributed by atoms with E-state index < -0.39 is 0 Å². The second-order valence-electron chi connectivity index (χ2n) is 7.96. The highest BCUT2D eigenvalue weighted by molar-refractivity contribution is 9.10. The number of phenols is 2. The molecular weight excluding hydrogens is 482 g/mol. The van der Waals surface area contributed by atoms with Gasteiger partial charge in [-0.3, -0.25) is 4.79 Å². The van der Waals surface area contributed by atoms with E-state index in [4.69, 9.17) is 9.97 Å². The van der Waals surface area contributed by atoms with Crippen molar-refractivity contribution in [3.8, 4) is 34.0 Å². The van der Waals surface area contributed by atoms with Gasteiger partial charge in [-0.1, -0.05) is 28.1 Å². The Balaban J connectivity index is 1.55. The lowest BCUT2D eigenvalue weighted by Gasteiger charge is -2.21. The highest BCUT2D eigenvalue weighted by Crippen LogP contribution is 2.37. The summed E-state index contributed by atoms with van der Waals surface area (Å²) >= 11 is 3.41. The normalized spacial score (nSPS) is 12.0. The maximum atomic E-state index is 12.9. The molecule has 0 unspecified atom stereocenters. The molecule has 1 amide bonds. The molecule has 0 aliphatic heterocycles. The number of carbonyl (C=O) groups excluding carboxylic acids is 1. The predicted molar refractivity (Wildman–Crippen MR) is 130 cm³/mol. The van der Waals surface area contributed by atoms with Gasteiger partial charge in [-0.15, -0.1) is 0 Å². The van der Waals surface area contributed by atoms with Gasteiger partial charge < -0.3 is 15.5 Å². The minimum atomic E-state index is -0.187. The molecular formula is C26H20BrN3O3. The Bertz CT molecular complexity index is 1350. The van der Waals surface area contributed by atoms with Crippen LogP contribution in [0.25, 0.3) is 22.5 Å². The van der Waals surface area contributed by atoms with Crippen LogP contribution in [0.4, 0.5) is 5.82 Å². The fraction of sp³-hybridized carbons (Fsp3) is 0.115. The summed E-state index contributed by atoms with van der Waals surface area (Å²) in [4.78, 5) is 22.6. The van der Waals surface area contributed by atoms with E-state index in [2.05, 4.69) is 21.2 Å². The van der Waals surface area contributed by atoms with Gasteiger partial charge in [0, 0.05) is 15.6 Å². The van der Waals surface area contributed by atoms with Gasteiger partial charge in [0.25, 0.3) is 0 Å². The zero-order chi connectivity index (χ0) is 22.9. The molecule has 0 fully saturated rings. The van der Waals surface area contributed by atoms with E-state index in [1.54, 1.807) is 36.4 Å². The number of carbonyl (C=O) groups is 1. The molecule has 7 heteroatoms. The molecule has 3 N–H and O–H groups in total. The van der Waals surface area contributed by atoms with Crippen molar-refractivity contribution in [3.05, 3.63) is 88.0 Å². The number of aryl methyl sites for hydroxylation is 2. The van der Waals surface area contributed by atoms with E-state index in [-0.39, 0.29) is 23.8 Å². The van der Waals surface area contributed by atoms with Crippen molar-refractivity contribution in [2.24, 2.45) is 0 Å². The summed E-state index contributed by atoms with van der Waals surface area (Å²) in [7, 11) is 0. The number of nitrogens with one attached hydrogen (secondary N) is 1. The molecule has 3 aromatic carbocycles. The Hall–Kier alpha value is -3.71. The molecule has 0 bridgehead atoms. The largest absolute Gasteiger partial charge is 0.508 e. The average Bonchev–Trinajstić information content (AvgIpc) is 2.80. The quantitative estimate of drug-likeness (QED) is 0.354. The number of halogens is 1. The first kappa shape index (κ1) is 21.2. The fourth-order valence-electron chi connectivity index (χ4n) is 4.00. The summed E-state index contributed by atoms with van der Waals surface area (Å²) in [5.74, 6) is 0.573. The number of rotatable bonds is 4. The van der Waals surface area contributed by atoms with Crippen molar-refractivity contribution < 1.29 is 15.0 Å². The minimum absolute atomic E-state index is 0.145. The standard InChI is InChI=1S/C26H20BrN3O3/c27-18-6-1-15(2-7-18)13-23(33)29-26-24(16-3-8-19(31)9-4-16)30-25-21-11-10-20(32)14-17(21)5-12-22(25)28-26/h1-4,6-11,14,31-32H,5,12-13H2,(H,28,29,33). The molecule has 1 aliphatic carbocycles. The highest BCUT2D eigenvalue weighted by atomic mass is 79.9. The van der Waals surface area contributed by atoms with E-state index in [9.17, 15) is 15.0 Å². The number of nitrogens with zero attached hydrogens (tertiary/aromatic N) is 2. The van der Waals surface area contributed by atoms with Crippen LogP contribution in [-0.2, 0) is 24.1 Å².